The molecule has 0 atom stereocenters. The highest BCUT2D eigenvalue weighted by Crippen LogP contribution is 2.41. The van der Waals surface area contributed by atoms with Gasteiger partial charge in [0, 0.05) is 0 Å². The van der Waals surface area contributed by atoms with E-state index in [4.69, 9.17) is 13.9 Å². The van der Waals surface area contributed by atoms with E-state index < -0.39 is 14.3 Å². The molecule has 0 aliphatic carbocycles. The second-order valence-electron chi connectivity index (χ2n) is 8.21. The Bertz CT molecular complexity index is 1010. The highest BCUT2D eigenvalue weighted by molar-refractivity contribution is 14.1. The fourth-order valence-electron chi connectivity index (χ4n) is 3.93. The maximum atomic E-state index is 12.8. The Morgan fingerprint density at radius 3 is 1.77 bits per heavy atom. The topological polar surface area (TPSA) is 44.8 Å². The van der Waals surface area contributed by atoms with Crippen molar-refractivity contribution < 1.29 is 18.7 Å². The van der Waals surface area contributed by atoms with Gasteiger partial charge >= 0.3 is 14.3 Å². The molecule has 0 N–H and O–H groups in total. The number of esters is 1. The van der Waals surface area contributed by atoms with Gasteiger partial charge in [-0.05, 0) is 50.1 Å². The van der Waals surface area contributed by atoms with Crippen LogP contribution in [0.3, 0.4) is 0 Å². The molecule has 0 aliphatic heterocycles. The van der Waals surface area contributed by atoms with E-state index in [-0.39, 0.29) is 5.04 Å². The van der Waals surface area contributed by atoms with Crippen LogP contribution in [0, 0.1) is 3.57 Å². The molecule has 162 valence electrons. The van der Waals surface area contributed by atoms with E-state index >= 15 is 0 Å². The van der Waals surface area contributed by atoms with Gasteiger partial charge in [-0.2, -0.15) is 0 Å². The number of hydrogen-bond acceptors (Lipinski definition) is 4. The number of halogens is 1. The predicted octanol–water partition coefficient (Wildman–Crippen LogP) is 5.03. The molecule has 0 saturated heterocycles. The number of hydrogen-bond donors (Lipinski definition) is 0. The lowest BCUT2D eigenvalue weighted by atomic mass is 10.2. The molecule has 6 heteroatoms. The predicted molar refractivity (Wildman–Crippen MR) is 135 cm³/mol. The fourth-order valence-corrected chi connectivity index (χ4v) is 9.03. The lowest BCUT2D eigenvalue weighted by Gasteiger charge is -2.43. The largest absolute Gasteiger partial charge is 0.533 e. The van der Waals surface area contributed by atoms with Crippen molar-refractivity contribution in [2.24, 2.45) is 0 Å². The zero-order valence-electron chi connectivity index (χ0n) is 18.4. The molecule has 0 saturated carbocycles. The smallest absolute Gasteiger partial charge is 0.345 e. The number of carbonyl (C=O) groups is 1. The van der Waals surface area contributed by atoms with Crippen molar-refractivity contribution in [2.75, 3.05) is 14.2 Å². The van der Waals surface area contributed by atoms with Gasteiger partial charge < -0.3 is 13.9 Å². The highest BCUT2D eigenvalue weighted by Gasteiger charge is 2.52. The Hall–Kier alpha value is -2.32. The van der Waals surface area contributed by atoms with Crippen LogP contribution in [0.15, 0.2) is 72.8 Å². The Labute approximate surface area is 198 Å². The van der Waals surface area contributed by atoms with Gasteiger partial charge in [0.25, 0.3) is 0 Å². The van der Waals surface area contributed by atoms with Crippen molar-refractivity contribution in [1.29, 1.82) is 0 Å². The third-order valence-electron chi connectivity index (χ3n) is 5.34. The summed E-state index contributed by atoms with van der Waals surface area (Å²) in [7, 11) is 0.0224. The molecule has 0 radical (unpaired) electrons. The van der Waals surface area contributed by atoms with Crippen LogP contribution in [0.2, 0.25) is 5.04 Å². The second kappa shape index (κ2) is 9.44. The SMILES string of the molecule is COC(=O)c1c(O[Si](c2ccccc2)(c2ccccc2)C(C)(C)C)ccc(I)c1OC. The molecule has 31 heavy (non-hydrogen) atoms. The lowest BCUT2D eigenvalue weighted by molar-refractivity contribution is 0.0594. The Morgan fingerprint density at radius 1 is 0.839 bits per heavy atom. The molecule has 0 spiro atoms. The summed E-state index contributed by atoms with van der Waals surface area (Å²) in [6, 6.07) is 24.4. The van der Waals surface area contributed by atoms with Crippen molar-refractivity contribution in [3.63, 3.8) is 0 Å². The summed E-state index contributed by atoms with van der Waals surface area (Å²) in [6.45, 7) is 6.59. The van der Waals surface area contributed by atoms with E-state index in [2.05, 4.69) is 67.6 Å². The standard InChI is InChI=1S/C25H27IO4Si/c1-25(2,3)31(18-12-8-6-9-13-18,19-14-10-7-11-15-19)30-21-17-16-20(26)23(28-4)22(21)24(27)29-5/h6-17H,1-5H3. The first-order valence-electron chi connectivity index (χ1n) is 10.0. The van der Waals surface area contributed by atoms with E-state index in [1.54, 1.807) is 7.11 Å². The minimum Gasteiger partial charge on any atom is -0.533 e. The molecule has 3 aromatic rings. The average molecular weight is 546 g/mol. The van der Waals surface area contributed by atoms with Gasteiger partial charge in [0.05, 0.1) is 17.8 Å². The van der Waals surface area contributed by atoms with Crippen LogP contribution in [0.1, 0.15) is 31.1 Å². The molecular weight excluding hydrogens is 519 g/mol. The van der Waals surface area contributed by atoms with Crippen molar-refractivity contribution in [2.45, 2.75) is 25.8 Å². The van der Waals surface area contributed by atoms with Gasteiger partial charge in [-0.25, -0.2) is 4.79 Å². The van der Waals surface area contributed by atoms with Gasteiger partial charge in [0.15, 0.2) is 0 Å². The van der Waals surface area contributed by atoms with Crippen LogP contribution in [-0.2, 0) is 4.74 Å². The molecule has 0 unspecified atom stereocenters. The molecule has 3 rings (SSSR count). The third-order valence-corrected chi connectivity index (χ3v) is 11.1. The minimum atomic E-state index is -2.90. The van der Waals surface area contributed by atoms with Gasteiger partial charge in [-0.1, -0.05) is 81.4 Å². The Kier molecular flexibility index (Phi) is 7.11. The van der Waals surface area contributed by atoms with Crippen LogP contribution in [0.5, 0.6) is 11.5 Å². The second-order valence-corrected chi connectivity index (χ2v) is 13.6. The van der Waals surface area contributed by atoms with E-state index in [9.17, 15) is 4.79 Å². The fraction of sp³-hybridized carbons (Fsp3) is 0.240. The van der Waals surface area contributed by atoms with Crippen LogP contribution in [-0.4, -0.2) is 28.5 Å². The number of ether oxygens (including phenoxy) is 2. The van der Waals surface area contributed by atoms with Crippen LogP contribution in [0.4, 0.5) is 0 Å². The minimum absolute atomic E-state index is 0.237. The number of carbonyl (C=O) groups excluding carboxylic acids is 1. The summed E-state index contributed by atoms with van der Waals surface area (Å²) in [6.07, 6.45) is 0. The van der Waals surface area contributed by atoms with Crippen LogP contribution >= 0.6 is 22.6 Å². The highest BCUT2D eigenvalue weighted by atomic mass is 127. The van der Waals surface area contributed by atoms with Gasteiger partial charge in [0.1, 0.15) is 17.1 Å². The van der Waals surface area contributed by atoms with Crippen molar-refractivity contribution in [3.05, 3.63) is 81.9 Å². The lowest BCUT2D eigenvalue weighted by Crippen LogP contribution is -2.69. The van der Waals surface area contributed by atoms with Crippen molar-refractivity contribution in [3.8, 4) is 11.5 Å². The van der Waals surface area contributed by atoms with Crippen molar-refractivity contribution in [1.82, 2.24) is 0 Å². The molecule has 4 nitrogen and oxygen atoms in total. The molecule has 0 aromatic heterocycles. The summed E-state index contributed by atoms with van der Waals surface area (Å²) in [5.41, 5.74) is 0.310. The molecule has 3 aromatic carbocycles. The normalized spacial score (nSPS) is 11.7. The van der Waals surface area contributed by atoms with Crippen LogP contribution < -0.4 is 19.5 Å². The summed E-state index contributed by atoms with van der Waals surface area (Å²) in [5, 5.41) is 2.02. The van der Waals surface area contributed by atoms with E-state index in [0.717, 1.165) is 13.9 Å². The molecule has 0 fully saturated rings. The van der Waals surface area contributed by atoms with E-state index in [1.807, 2.05) is 48.5 Å². The maximum absolute atomic E-state index is 12.8. The summed E-state index contributed by atoms with van der Waals surface area (Å²) in [5.74, 6) is 0.449. The first-order valence-corrected chi connectivity index (χ1v) is 13.0. The monoisotopic (exact) mass is 546 g/mol. The first kappa shape index (κ1) is 23.3. The van der Waals surface area contributed by atoms with E-state index in [0.29, 0.717) is 17.1 Å². The molecule has 0 amide bonds. The number of benzene rings is 3. The molecule has 0 bridgehead atoms. The first-order chi connectivity index (χ1) is 14.8. The van der Waals surface area contributed by atoms with E-state index in [1.165, 1.54) is 7.11 Å². The maximum Gasteiger partial charge on any atom is 0.345 e. The Balaban J connectivity index is 2.35. The zero-order valence-corrected chi connectivity index (χ0v) is 21.6. The van der Waals surface area contributed by atoms with Crippen molar-refractivity contribution >= 4 is 47.3 Å². The number of rotatable bonds is 6. The van der Waals surface area contributed by atoms with Crippen LogP contribution in [0.25, 0.3) is 0 Å². The zero-order chi connectivity index (χ0) is 22.6. The van der Waals surface area contributed by atoms with Gasteiger partial charge in [0.2, 0.25) is 0 Å². The summed E-state index contributed by atoms with van der Waals surface area (Å²) in [4.78, 5) is 12.8. The molecule has 0 aliphatic rings. The third kappa shape index (κ3) is 4.36. The molecular formula is C25H27IO4Si. The quantitative estimate of drug-likeness (QED) is 0.247. The average Bonchev–Trinajstić information content (AvgIpc) is 2.77. The van der Waals surface area contributed by atoms with Gasteiger partial charge in [-0.3, -0.25) is 0 Å². The molecule has 0 heterocycles. The Morgan fingerprint density at radius 2 is 1.35 bits per heavy atom. The number of methoxy groups -OCH3 is 2. The summed E-state index contributed by atoms with van der Waals surface area (Å²) < 4.78 is 18.5. The summed E-state index contributed by atoms with van der Waals surface area (Å²) >= 11 is 2.15. The van der Waals surface area contributed by atoms with Gasteiger partial charge in [-0.15, -0.1) is 0 Å².